The van der Waals surface area contributed by atoms with Gasteiger partial charge in [-0.2, -0.15) is 5.10 Å². The van der Waals surface area contributed by atoms with Gasteiger partial charge >= 0.3 is 5.97 Å². The van der Waals surface area contributed by atoms with Gasteiger partial charge in [0.1, 0.15) is 22.8 Å². The Labute approximate surface area is 190 Å². The highest BCUT2D eigenvalue weighted by Gasteiger charge is 2.19. The van der Waals surface area contributed by atoms with Crippen LogP contribution in [0, 0.1) is 19.7 Å². The quantitative estimate of drug-likeness (QED) is 0.317. The Morgan fingerprint density at radius 2 is 1.61 bits per heavy atom. The summed E-state index contributed by atoms with van der Waals surface area (Å²) >= 11 is 0. The third kappa shape index (κ3) is 4.52. The first-order valence-corrected chi connectivity index (χ1v) is 10.3. The second-order valence-corrected chi connectivity index (χ2v) is 7.62. The van der Waals surface area contributed by atoms with Gasteiger partial charge in [-0.1, -0.05) is 29.8 Å². The largest absolute Gasteiger partial charge is 0.423 e. The minimum absolute atomic E-state index is 0.143. The number of aromatic nitrogens is 2. The van der Waals surface area contributed by atoms with E-state index in [2.05, 4.69) is 5.10 Å². The molecule has 1 heterocycles. The molecule has 166 valence electrons. The van der Waals surface area contributed by atoms with Gasteiger partial charge in [0.2, 0.25) is 0 Å². The molecule has 0 atom stereocenters. The van der Waals surface area contributed by atoms with Crippen LogP contribution in [0.5, 0.6) is 5.75 Å². The molecule has 0 saturated carbocycles. The average Bonchev–Trinajstić information content (AvgIpc) is 3.20. The summed E-state index contributed by atoms with van der Waals surface area (Å²) < 4.78 is 20.9. The number of anilines is 1. The lowest BCUT2D eigenvalue weighted by atomic mass is 10.1. The molecule has 0 aliphatic heterocycles. The summed E-state index contributed by atoms with van der Waals surface area (Å²) in [5.74, 6) is -0.871. The Morgan fingerprint density at radius 1 is 0.939 bits per heavy atom. The molecule has 4 aromatic rings. The van der Waals surface area contributed by atoms with E-state index in [9.17, 15) is 14.0 Å². The predicted molar refractivity (Wildman–Crippen MR) is 124 cm³/mol. The Bertz CT molecular complexity index is 1310. The molecule has 0 spiro atoms. The maximum atomic E-state index is 14.1. The number of para-hydroxylation sites is 1. The van der Waals surface area contributed by atoms with E-state index in [4.69, 9.17) is 4.74 Å². The third-order valence-corrected chi connectivity index (χ3v) is 5.35. The van der Waals surface area contributed by atoms with Crippen LogP contribution in [0.1, 0.15) is 32.0 Å². The van der Waals surface area contributed by atoms with Crippen LogP contribution < -0.4 is 9.64 Å². The molecule has 33 heavy (non-hydrogen) atoms. The monoisotopic (exact) mass is 443 g/mol. The van der Waals surface area contributed by atoms with Crippen molar-refractivity contribution in [3.63, 3.8) is 0 Å². The lowest BCUT2D eigenvalue weighted by Crippen LogP contribution is -2.26. The molecule has 6 nitrogen and oxygen atoms in total. The number of amides is 1. The Balaban J connectivity index is 1.47. The highest BCUT2D eigenvalue weighted by molar-refractivity contribution is 6.05. The fourth-order valence-corrected chi connectivity index (χ4v) is 3.38. The summed E-state index contributed by atoms with van der Waals surface area (Å²) in [6, 6.07) is 20.2. The standard InChI is InChI=1S/C26H22FN3O3/c1-17-8-10-19(11-9-17)25(31)29(3)20-12-14-21(15-13-20)33-26(32)22-16-28-30(18(22)2)24-7-5-4-6-23(24)27/h4-16H,1-3H3. The van der Waals surface area contributed by atoms with Crippen LogP contribution in [-0.4, -0.2) is 28.7 Å². The molecule has 0 unspecified atom stereocenters. The lowest BCUT2D eigenvalue weighted by molar-refractivity contribution is 0.0733. The molecule has 0 saturated heterocycles. The van der Waals surface area contributed by atoms with E-state index in [-0.39, 0.29) is 17.2 Å². The van der Waals surface area contributed by atoms with Gasteiger partial charge in [-0.05, 0) is 62.4 Å². The molecular formula is C26H22FN3O3. The number of hydrogen-bond acceptors (Lipinski definition) is 4. The van der Waals surface area contributed by atoms with E-state index < -0.39 is 11.8 Å². The average molecular weight is 443 g/mol. The van der Waals surface area contributed by atoms with Gasteiger partial charge in [0, 0.05) is 18.3 Å². The Morgan fingerprint density at radius 3 is 2.27 bits per heavy atom. The molecule has 3 aromatic carbocycles. The molecule has 0 fully saturated rings. The number of nitrogens with zero attached hydrogens (tertiary/aromatic N) is 3. The number of hydrogen-bond donors (Lipinski definition) is 0. The number of halogens is 1. The Hall–Kier alpha value is -4.26. The number of carbonyl (C=O) groups is 2. The van der Waals surface area contributed by atoms with Gasteiger partial charge in [-0.15, -0.1) is 0 Å². The number of esters is 1. The normalized spacial score (nSPS) is 10.7. The van der Waals surface area contributed by atoms with Crippen molar-refractivity contribution < 1.29 is 18.7 Å². The Kier molecular flexibility index (Phi) is 6.04. The van der Waals surface area contributed by atoms with E-state index in [0.29, 0.717) is 22.7 Å². The summed E-state index contributed by atoms with van der Waals surface area (Å²) in [7, 11) is 1.68. The lowest BCUT2D eigenvalue weighted by Gasteiger charge is -2.18. The van der Waals surface area contributed by atoms with Crippen molar-refractivity contribution in [3.05, 3.63) is 107 Å². The van der Waals surface area contributed by atoms with Crippen LogP contribution in [0.2, 0.25) is 0 Å². The summed E-state index contributed by atoms with van der Waals surface area (Å²) in [5.41, 5.74) is 3.26. The number of rotatable bonds is 5. The number of carbonyl (C=O) groups excluding carboxylic acids is 2. The smallest absolute Gasteiger partial charge is 0.347 e. The van der Waals surface area contributed by atoms with Crippen LogP contribution in [0.15, 0.2) is 79.0 Å². The van der Waals surface area contributed by atoms with Crippen LogP contribution >= 0.6 is 0 Å². The fourth-order valence-electron chi connectivity index (χ4n) is 3.38. The van der Waals surface area contributed by atoms with E-state index >= 15 is 0 Å². The maximum Gasteiger partial charge on any atom is 0.347 e. The first kappa shape index (κ1) is 22.0. The summed E-state index contributed by atoms with van der Waals surface area (Å²) in [5, 5.41) is 4.13. The summed E-state index contributed by atoms with van der Waals surface area (Å²) in [6.45, 7) is 3.63. The zero-order chi connectivity index (χ0) is 23.5. The summed E-state index contributed by atoms with van der Waals surface area (Å²) in [4.78, 5) is 26.9. The molecule has 0 aliphatic rings. The SMILES string of the molecule is Cc1ccc(C(=O)N(C)c2ccc(OC(=O)c3cnn(-c4ccccc4F)c3C)cc2)cc1. The van der Waals surface area contributed by atoms with E-state index in [1.54, 1.807) is 68.6 Å². The highest BCUT2D eigenvalue weighted by atomic mass is 19.1. The molecule has 0 bridgehead atoms. The van der Waals surface area contributed by atoms with Crippen molar-refractivity contribution in [2.24, 2.45) is 0 Å². The highest BCUT2D eigenvalue weighted by Crippen LogP contribution is 2.23. The number of aryl methyl sites for hydroxylation is 1. The van der Waals surface area contributed by atoms with Crippen LogP contribution in [0.4, 0.5) is 10.1 Å². The minimum atomic E-state index is -0.605. The van der Waals surface area contributed by atoms with Crippen LogP contribution in [0.3, 0.4) is 0 Å². The van der Waals surface area contributed by atoms with Crippen molar-refractivity contribution in [1.29, 1.82) is 0 Å². The van der Waals surface area contributed by atoms with Crippen molar-refractivity contribution in [3.8, 4) is 11.4 Å². The summed E-state index contributed by atoms with van der Waals surface area (Å²) in [6.07, 6.45) is 1.35. The fraction of sp³-hybridized carbons (Fsp3) is 0.115. The van der Waals surface area contributed by atoms with Gasteiger partial charge in [0.25, 0.3) is 5.91 Å². The van der Waals surface area contributed by atoms with E-state index in [1.807, 2.05) is 19.1 Å². The predicted octanol–water partition coefficient (Wildman–Crippen LogP) is 5.12. The minimum Gasteiger partial charge on any atom is -0.423 e. The molecule has 4 rings (SSSR count). The van der Waals surface area contributed by atoms with Gasteiger partial charge in [-0.25, -0.2) is 13.9 Å². The molecule has 7 heteroatoms. The zero-order valence-electron chi connectivity index (χ0n) is 18.4. The van der Waals surface area contributed by atoms with E-state index in [1.165, 1.54) is 21.8 Å². The van der Waals surface area contributed by atoms with Crippen molar-refractivity contribution in [2.45, 2.75) is 13.8 Å². The molecule has 1 amide bonds. The van der Waals surface area contributed by atoms with Gasteiger partial charge in [0.15, 0.2) is 0 Å². The van der Waals surface area contributed by atoms with E-state index in [0.717, 1.165) is 5.56 Å². The van der Waals surface area contributed by atoms with Crippen molar-refractivity contribution >= 4 is 17.6 Å². The molecular weight excluding hydrogens is 421 g/mol. The molecule has 0 radical (unpaired) electrons. The molecule has 0 aliphatic carbocycles. The van der Waals surface area contributed by atoms with Crippen molar-refractivity contribution in [2.75, 3.05) is 11.9 Å². The first-order chi connectivity index (χ1) is 15.8. The topological polar surface area (TPSA) is 64.4 Å². The number of ether oxygens (including phenoxy) is 1. The van der Waals surface area contributed by atoms with Crippen LogP contribution in [-0.2, 0) is 0 Å². The second-order valence-electron chi connectivity index (χ2n) is 7.62. The third-order valence-electron chi connectivity index (χ3n) is 5.35. The zero-order valence-corrected chi connectivity index (χ0v) is 18.4. The number of benzene rings is 3. The van der Waals surface area contributed by atoms with Crippen molar-refractivity contribution in [1.82, 2.24) is 9.78 Å². The van der Waals surface area contributed by atoms with Crippen LogP contribution in [0.25, 0.3) is 5.69 Å². The maximum absolute atomic E-state index is 14.1. The van der Waals surface area contributed by atoms with Gasteiger partial charge in [-0.3, -0.25) is 4.79 Å². The van der Waals surface area contributed by atoms with Gasteiger partial charge in [0.05, 0.1) is 11.9 Å². The second kappa shape index (κ2) is 9.08. The first-order valence-electron chi connectivity index (χ1n) is 10.3. The van der Waals surface area contributed by atoms with Gasteiger partial charge < -0.3 is 9.64 Å². The molecule has 0 N–H and O–H groups in total. The molecule has 1 aromatic heterocycles.